The molecule has 1 aliphatic rings. The van der Waals surface area contributed by atoms with Crippen LogP contribution in [0.3, 0.4) is 0 Å². The molecule has 0 spiro atoms. The molecule has 0 amide bonds. The smallest absolute Gasteiger partial charge is 0.146 e. The van der Waals surface area contributed by atoms with Gasteiger partial charge in [0, 0.05) is 11.6 Å². The van der Waals surface area contributed by atoms with Crippen LogP contribution in [0.4, 0.5) is 10.1 Å². The van der Waals surface area contributed by atoms with E-state index in [1.54, 1.807) is 30.3 Å². The van der Waals surface area contributed by atoms with Crippen molar-refractivity contribution in [2.75, 3.05) is 11.9 Å². The van der Waals surface area contributed by atoms with Crippen LogP contribution in [0, 0.1) is 12.7 Å². The second-order valence-corrected chi connectivity index (χ2v) is 4.71. The maximum absolute atomic E-state index is 13.7. The minimum atomic E-state index is -0.280. The Morgan fingerprint density at radius 1 is 1.26 bits per heavy atom. The van der Waals surface area contributed by atoms with E-state index in [0.717, 1.165) is 11.1 Å². The number of phenolic OH excluding ortho intramolecular Hbond substituents is 1. The Morgan fingerprint density at radius 2 is 2.11 bits per heavy atom. The summed E-state index contributed by atoms with van der Waals surface area (Å²) in [5, 5.41) is 12.5. The van der Waals surface area contributed by atoms with E-state index in [1.807, 2.05) is 6.92 Å². The van der Waals surface area contributed by atoms with Crippen molar-refractivity contribution in [3.8, 4) is 11.5 Å². The van der Waals surface area contributed by atoms with Crippen molar-refractivity contribution < 1.29 is 14.2 Å². The fourth-order valence-electron chi connectivity index (χ4n) is 2.26. The van der Waals surface area contributed by atoms with Crippen molar-refractivity contribution in [2.24, 2.45) is 0 Å². The average molecular weight is 259 g/mol. The first-order chi connectivity index (χ1) is 9.13. The molecule has 19 heavy (non-hydrogen) atoms. The Bertz CT molecular complexity index is 628. The molecule has 3 rings (SSSR count). The van der Waals surface area contributed by atoms with Crippen LogP contribution < -0.4 is 10.1 Å². The van der Waals surface area contributed by atoms with E-state index >= 15 is 0 Å². The third-order valence-electron chi connectivity index (χ3n) is 3.23. The number of aromatic hydroxyl groups is 1. The number of aryl methyl sites for hydroxylation is 1. The largest absolute Gasteiger partial charge is 0.508 e. The summed E-state index contributed by atoms with van der Waals surface area (Å²) in [6, 6.07) is 9.82. The van der Waals surface area contributed by atoms with Crippen LogP contribution in [0.15, 0.2) is 36.4 Å². The Balaban J connectivity index is 1.88. The predicted molar refractivity (Wildman–Crippen MR) is 71.1 cm³/mol. The lowest BCUT2D eigenvalue weighted by Crippen LogP contribution is -2.13. The summed E-state index contributed by atoms with van der Waals surface area (Å²) >= 11 is 0. The average Bonchev–Trinajstić information content (AvgIpc) is 2.76. The summed E-state index contributed by atoms with van der Waals surface area (Å²) in [6.07, 6.45) is 0. The first-order valence-electron chi connectivity index (χ1n) is 6.12. The van der Waals surface area contributed by atoms with Crippen LogP contribution in [0.25, 0.3) is 0 Å². The lowest BCUT2D eigenvalue weighted by Gasteiger charge is -2.14. The van der Waals surface area contributed by atoms with Gasteiger partial charge in [-0.05, 0) is 36.8 Å². The first kappa shape index (κ1) is 11.8. The van der Waals surface area contributed by atoms with E-state index < -0.39 is 0 Å². The van der Waals surface area contributed by atoms with Crippen molar-refractivity contribution in [1.29, 1.82) is 0 Å². The number of benzene rings is 2. The Labute approximate surface area is 110 Å². The van der Waals surface area contributed by atoms with E-state index in [-0.39, 0.29) is 17.6 Å². The standard InChI is InChI=1S/C15H14FNO2/c1-9-2-5-12(16)13(6-9)17-14-8-19-15-7-10(18)3-4-11(14)15/h2-7,14,17-18H,8H2,1H3. The summed E-state index contributed by atoms with van der Waals surface area (Å²) in [5.41, 5.74) is 2.39. The maximum atomic E-state index is 13.7. The minimum Gasteiger partial charge on any atom is -0.508 e. The number of phenols is 1. The number of hydrogen-bond donors (Lipinski definition) is 2. The quantitative estimate of drug-likeness (QED) is 0.868. The Hall–Kier alpha value is -2.23. The Kier molecular flexibility index (Phi) is 2.78. The molecule has 0 fully saturated rings. The monoisotopic (exact) mass is 259 g/mol. The van der Waals surface area contributed by atoms with Gasteiger partial charge in [-0.3, -0.25) is 0 Å². The van der Waals surface area contributed by atoms with E-state index in [2.05, 4.69) is 5.32 Å². The van der Waals surface area contributed by atoms with Crippen LogP contribution in [-0.2, 0) is 0 Å². The summed E-state index contributed by atoms with van der Waals surface area (Å²) in [7, 11) is 0. The predicted octanol–water partition coefficient (Wildman–Crippen LogP) is 3.39. The van der Waals surface area contributed by atoms with Gasteiger partial charge in [0.15, 0.2) is 0 Å². The summed E-state index contributed by atoms with van der Waals surface area (Å²) in [4.78, 5) is 0. The fraction of sp³-hybridized carbons (Fsp3) is 0.200. The van der Waals surface area contributed by atoms with Crippen LogP contribution in [0.1, 0.15) is 17.2 Å². The molecule has 98 valence electrons. The molecule has 0 saturated carbocycles. The number of anilines is 1. The zero-order valence-electron chi connectivity index (χ0n) is 10.5. The Morgan fingerprint density at radius 3 is 2.95 bits per heavy atom. The van der Waals surface area contributed by atoms with Crippen LogP contribution in [-0.4, -0.2) is 11.7 Å². The van der Waals surface area contributed by atoms with Crippen LogP contribution in [0.2, 0.25) is 0 Å². The molecule has 4 heteroatoms. The highest BCUT2D eigenvalue weighted by molar-refractivity contribution is 5.53. The summed E-state index contributed by atoms with van der Waals surface area (Å²) in [5.74, 6) is 0.532. The number of hydrogen-bond acceptors (Lipinski definition) is 3. The molecule has 1 unspecified atom stereocenters. The van der Waals surface area contributed by atoms with Gasteiger partial charge in [-0.1, -0.05) is 6.07 Å². The van der Waals surface area contributed by atoms with Gasteiger partial charge in [0.05, 0.1) is 11.7 Å². The van der Waals surface area contributed by atoms with Gasteiger partial charge in [0.25, 0.3) is 0 Å². The lowest BCUT2D eigenvalue weighted by atomic mass is 10.1. The highest BCUT2D eigenvalue weighted by atomic mass is 19.1. The molecule has 0 aromatic heterocycles. The minimum absolute atomic E-state index is 0.105. The molecule has 0 bridgehead atoms. The molecule has 1 aliphatic heterocycles. The van der Waals surface area contributed by atoms with Gasteiger partial charge >= 0.3 is 0 Å². The molecular weight excluding hydrogens is 245 g/mol. The second kappa shape index (κ2) is 4.46. The van der Waals surface area contributed by atoms with Crippen molar-refractivity contribution in [3.05, 3.63) is 53.3 Å². The molecular formula is C15H14FNO2. The normalized spacial score (nSPS) is 16.8. The van der Waals surface area contributed by atoms with Gasteiger partial charge in [-0.2, -0.15) is 0 Å². The van der Waals surface area contributed by atoms with Crippen molar-refractivity contribution in [2.45, 2.75) is 13.0 Å². The number of halogens is 1. The molecule has 2 N–H and O–H groups in total. The summed E-state index contributed by atoms with van der Waals surface area (Å²) < 4.78 is 19.2. The number of fused-ring (bicyclic) bond motifs is 1. The van der Waals surface area contributed by atoms with Gasteiger partial charge in [-0.15, -0.1) is 0 Å². The number of ether oxygens (including phenoxy) is 1. The fourth-order valence-corrected chi connectivity index (χ4v) is 2.26. The third-order valence-corrected chi connectivity index (χ3v) is 3.23. The summed E-state index contributed by atoms with van der Waals surface area (Å²) in [6.45, 7) is 2.34. The lowest BCUT2D eigenvalue weighted by molar-refractivity contribution is 0.338. The topological polar surface area (TPSA) is 41.5 Å². The highest BCUT2D eigenvalue weighted by Gasteiger charge is 2.25. The van der Waals surface area contributed by atoms with Crippen LogP contribution >= 0.6 is 0 Å². The van der Waals surface area contributed by atoms with Crippen molar-refractivity contribution in [1.82, 2.24) is 0 Å². The molecule has 0 aliphatic carbocycles. The van der Waals surface area contributed by atoms with Crippen molar-refractivity contribution >= 4 is 5.69 Å². The first-order valence-corrected chi connectivity index (χ1v) is 6.12. The van der Waals surface area contributed by atoms with E-state index in [4.69, 9.17) is 4.74 Å². The SMILES string of the molecule is Cc1ccc(F)c(NC2COc3cc(O)ccc32)c1. The van der Waals surface area contributed by atoms with Crippen LogP contribution in [0.5, 0.6) is 11.5 Å². The molecule has 1 heterocycles. The van der Waals surface area contributed by atoms with Crippen molar-refractivity contribution in [3.63, 3.8) is 0 Å². The highest BCUT2D eigenvalue weighted by Crippen LogP contribution is 2.37. The van der Waals surface area contributed by atoms with Gasteiger partial charge in [-0.25, -0.2) is 4.39 Å². The van der Waals surface area contributed by atoms with E-state index in [0.29, 0.717) is 18.0 Å². The molecule has 0 radical (unpaired) electrons. The van der Waals surface area contributed by atoms with Gasteiger partial charge in [0.1, 0.15) is 23.9 Å². The number of nitrogens with one attached hydrogen (secondary N) is 1. The molecule has 2 aromatic carbocycles. The van der Waals surface area contributed by atoms with E-state index in [9.17, 15) is 9.50 Å². The zero-order chi connectivity index (χ0) is 13.4. The number of rotatable bonds is 2. The molecule has 1 atom stereocenters. The van der Waals surface area contributed by atoms with Gasteiger partial charge in [0.2, 0.25) is 0 Å². The molecule has 0 saturated heterocycles. The molecule has 3 nitrogen and oxygen atoms in total. The zero-order valence-corrected chi connectivity index (χ0v) is 10.5. The van der Waals surface area contributed by atoms with E-state index in [1.165, 1.54) is 6.07 Å². The maximum Gasteiger partial charge on any atom is 0.146 e. The second-order valence-electron chi connectivity index (χ2n) is 4.71. The van der Waals surface area contributed by atoms with Gasteiger partial charge < -0.3 is 15.2 Å². The third kappa shape index (κ3) is 2.21. The molecule has 2 aromatic rings.